The van der Waals surface area contributed by atoms with Crippen molar-refractivity contribution in [2.45, 2.75) is 51.6 Å². The van der Waals surface area contributed by atoms with Gasteiger partial charge in [-0.2, -0.15) is 0 Å². The Hall–Kier alpha value is -1.26. The van der Waals surface area contributed by atoms with Crippen LogP contribution < -0.4 is 5.32 Å². The van der Waals surface area contributed by atoms with Gasteiger partial charge in [0.15, 0.2) is 6.10 Å². The zero-order chi connectivity index (χ0) is 16.8. The summed E-state index contributed by atoms with van der Waals surface area (Å²) in [7, 11) is 0. The Bertz CT molecular complexity index is 551. The molecule has 6 heteroatoms. The number of hydrogen-bond donors (Lipinski definition) is 1. The molecule has 1 aliphatic rings. The molecule has 2 rings (SSSR count). The van der Waals surface area contributed by atoms with Crippen LogP contribution in [0.4, 0.5) is 5.69 Å². The summed E-state index contributed by atoms with van der Waals surface area (Å²) in [5.41, 5.74) is 0.475. The van der Waals surface area contributed by atoms with E-state index in [4.69, 9.17) is 27.9 Å². The molecule has 0 spiro atoms. The number of anilines is 1. The Kier molecular flexibility index (Phi) is 6.72. The summed E-state index contributed by atoms with van der Waals surface area (Å²) in [6.45, 7) is 1.56. The van der Waals surface area contributed by atoms with E-state index in [1.807, 2.05) is 0 Å². The fourth-order valence-electron chi connectivity index (χ4n) is 2.80. The lowest BCUT2D eigenvalue weighted by Crippen LogP contribution is -2.30. The monoisotopic (exact) mass is 357 g/mol. The molecule has 0 heterocycles. The third-order valence-corrected chi connectivity index (χ3v) is 4.42. The minimum atomic E-state index is -0.858. The third kappa shape index (κ3) is 6.04. The van der Waals surface area contributed by atoms with Gasteiger partial charge in [-0.15, -0.1) is 0 Å². The van der Waals surface area contributed by atoms with Gasteiger partial charge in [-0.1, -0.05) is 42.5 Å². The van der Waals surface area contributed by atoms with Crippen LogP contribution in [-0.2, 0) is 14.3 Å². The van der Waals surface area contributed by atoms with Crippen molar-refractivity contribution < 1.29 is 14.3 Å². The predicted molar refractivity (Wildman–Crippen MR) is 91.8 cm³/mol. The standard InChI is InChI=1S/C17H21Cl2NO3/c1-11(23-16(21)7-12-5-3-2-4-6-12)17(22)20-15-9-13(18)8-14(19)10-15/h8-12H,2-7H2,1H3,(H,20,22). The van der Waals surface area contributed by atoms with E-state index in [0.29, 0.717) is 28.1 Å². The van der Waals surface area contributed by atoms with Gasteiger partial charge in [-0.3, -0.25) is 9.59 Å². The summed E-state index contributed by atoms with van der Waals surface area (Å²) >= 11 is 11.8. The Balaban J connectivity index is 1.82. The Labute approximate surface area is 146 Å². The number of hydrogen-bond acceptors (Lipinski definition) is 3. The molecule has 23 heavy (non-hydrogen) atoms. The molecule has 4 nitrogen and oxygen atoms in total. The molecule has 0 saturated heterocycles. The topological polar surface area (TPSA) is 55.4 Å². The van der Waals surface area contributed by atoms with Crippen molar-refractivity contribution >= 4 is 40.8 Å². The zero-order valence-corrected chi connectivity index (χ0v) is 14.6. The van der Waals surface area contributed by atoms with E-state index in [-0.39, 0.29) is 5.97 Å². The number of carbonyl (C=O) groups is 2. The maximum atomic E-state index is 12.1. The van der Waals surface area contributed by atoms with Crippen LogP contribution in [0.2, 0.25) is 10.0 Å². The molecule has 1 saturated carbocycles. The molecule has 1 unspecified atom stereocenters. The number of esters is 1. The van der Waals surface area contributed by atoms with Crippen LogP contribution in [0.3, 0.4) is 0 Å². The highest BCUT2D eigenvalue weighted by molar-refractivity contribution is 6.35. The van der Waals surface area contributed by atoms with Crippen LogP contribution >= 0.6 is 23.2 Å². The number of halogens is 2. The lowest BCUT2D eigenvalue weighted by molar-refractivity contribution is -0.154. The first-order valence-electron chi connectivity index (χ1n) is 7.90. The van der Waals surface area contributed by atoms with Gasteiger partial charge in [0.2, 0.25) is 0 Å². The molecule has 1 amide bonds. The van der Waals surface area contributed by atoms with Crippen molar-refractivity contribution in [2.24, 2.45) is 5.92 Å². The molecule has 1 atom stereocenters. The number of ether oxygens (including phenoxy) is 1. The Morgan fingerprint density at radius 3 is 2.39 bits per heavy atom. The molecule has 0 radical (unpaired) electrons. The lowest BCUT2D eigenvalue weighted by atomic mass is 9.87. The van der Waals surface area contributed by atoms with Crippen molar-refractivity contribution in [3.63, 3.8) is 0 Å². The maximum absolute atomic E-state index is 12.1. The molecule has 1 N–H and O–H groups in total. The first-order valence-corrected chi connectivity index (χ1v) is 8.66. The van der Waals surface area contributed by atoms with Gasteiger partial charge < -0.3 is 10.1 Å². The zero-order valence-electron chi connectivity index (χ0n) is 13.1. The van der Waals surface area contributed by atoms with Gasteiger partial charge in [-0.25, -0.2) is 0 Å². The van der Waals surface area contributed by atoms with Crippen LogP contribution in [0.1, 0.15) is 45.4 Å². The van der Waals surface area contributed by atoms with Gasteiger partial charge >= 0.3 is 5.97 Å². The summed E-state index contributed by atoms with van der Waals surface area (Å²) in [5, 5.41) is 3.50. The largest absolute Gasteiger partial charge is 0.453 e. The molecule has 126 valence electrons. The molecular weight excluding hydrogens is 337 g/mol. The summed E-state index contributed by atoms with van der Waals surface area (Å²) in [4.78, 5) is 24.0. The van der Waals surface area contributed by atoms with Crippen molar-refractivity contribution in [2.75, 3.05) is 5.32 Å². The van der Waals surface area contributed by atoms with Gasteiger partial charge in [0.1, 0.15) is 0 Å². The number of amides is 1. The smallest absolute Gasteiger partial charge is 0.306 e. The average molecular weight is 358 g/mol. The third-order valence-electron chi connectivity index (χ3n) is 3.99. The summed E-state index contributed by atoms with van der Waals surface area (Å²) < 4.78 is 5.23. The molecular formula is C17H21Cl2NO3. The highest BCUT2D eigenvalue weighted by Gasteiger charge is 2.22. The van der Waals surface area contributed by atoms with Crippen LogP contribution in [-0.4, -0.2) is 18.0 Å². The fourth-order valence-corrected chi connectivity index (χ4v) is 3.32. The van der Waals surface area contributed by atoms with Gasteiger partial charge in [0.25, 0.3) is 5.91 Å². The van der Waals surface area contributed by atoms with E-state index in [9.17, 15) is 9.59 Å². The Morgan fingerprint density at radius 1 is 1.17 bits per heavy atom. The minimum absolute atomic E-state index is 0.316. The molecule has 1 fully saturated rings. The van der Waals surface area contributed by atoms with E-state index in [1.54, 1.807) is 25.1 Å². The SMILES string of the molecule is CC(OC(=O)CC1CCCCC1)C(=O)Nc1cc(Cl)cc(Cl)c1. The molecule has 0 aromatic heterocycles. The highest BCUT2D eigenvalue weighted by Crippen LogP contribution is 2.27. The van der Waals surface area contributed by atoms with Gasteiger partial charge in [0, 0.05) is 22.2 Å². The van der Waals surface area contributed by atoms with Gasteiger partial charge in [0.05, 0.1) is 0 Å². The normalized spacial score (nSPS) is 16.7. The Morgan fingerprint density at radius 2 is 1.78 bits per heavy atom. The van der Waals surface area contributed by atoms with Gasteiger partial charge in [-0.05, 0) is 43.9 Å². The average Bonchev–Trinajstić information content (AvgIpc) is 2.46. The highest BCUT2D eigenvalue weighted by atomic mass is 35.5. The van der Waals surface area contributed by atoms with Crippen LogP contribution in [0, 0.1) is 5.92 Å². The van der Waals surface area contributed by atoms with Crippen molar-refractivity contribution in [1.82, 2.24) is 0 Å². The van der Waals surface area contributed by atoms with Crippen molar-refractivity contribution in [3.8, 4) is 0 Å². The number of rotatable bonds is 5. The maximum Gasteiger partial charge on any atom is 0.306 e. The lowest BCUT2D eigenvalue weighted by Gasteiger charge is -2.21. The molecule has 1 aromatic carbocycles. The summed E-state index contributed by atoms with van der Waals surface area (Å²) in [5.74, 6) is -0.331. The van der Waals surface area contributed by atoms with E-state index < -0.39 is 12.0 Å². The minimum Gasteiger partial charge on any atom is -0.453 e. The van der Waals surface area contributed by atoms with E-state index in [2.05, 4.69) is 5.32 Å². The van der Waals surface area contributed by atoms with Crippen LogP contribution in [0.15, 0.2) is 18.2 Å². The van der Waals surface area contributed by atoms with E-state index in [1.165, 1.54) is 19.3 Å². The van der Waals surface area contributed by atoms with Crippen LogP contribution in [0.25, 0.3) is 0 Å². The molecule has 0 bridgehead atoms. The van der Waals surface area contributed by atoms with E-state index >= 15 is 0 Å². The fraction of sp³-hybridized carbons (Fsp3) is 0.529. The second-order valence-corrected chi connectivity index (χ2v) is 6.86. The first kappa shape index (κ1) is 18.1. The quantitative estimate of drug-likeness (QED) is 0.767. The number of carbonyl (C=O) groups excluding carboxylic acids is 2. The van der Waals surface area contributed by atoms with Crippen molar-refractivity contribution in [1.29, 1.82) is 0 Å². The second kappa shape index (κ2) is 8.55. The molecule has 0 aliphatic heterocycles. The van der Waals surface area contributed by atoms with Crippen molar-refractivity contribution in [3.05, 3.63) is 28.2 Å². The first-order chi connectivity index (χ1) is 10.9. The molecule has 1 aliphatic carbocycles. The number of benzene rings is 1. The van der Waals surface area contributed by atoms with E-state index in [0.717, 1.165) is 12.8 Å². The number of nitrogens with one attached hydrogen (secondary N) is 1. The second-order valence-electron chi connectivity index (χ2n) is 5.99. The predicted octanol–water partition coefficient (Wildman–Crippen LogP) is 4.83. The summed E-state index contributed by atoms with van der Waals surface area (Å²) in [6.07, 6.45) is 5.25. The summed E-state index contributed by atoms with van der Waals surface area (Å²) in [6, 6.07) is 4.75. The van der Waals surface area contributed by atoms with Crippen LogP contribution in [0.5, 0.6) is 0 Å². The molecule has 1 aromatic rings.